The van der Waals surface area contributed by atoms with Gasteiger partial charge in [0.25, 0.3) is 0 Å². The van der Waals surface area contributed by atoms with Gasteiger partial charge in [-0.05, 0) is 35.9 Å². The summed E-state index contributed by atoms with van der Waals surface area (Å²) in [6.45, 7) is 4.40. The topological polar surface area (TPSA) is 24.9 Å². The van der Waals surface area contributed by atoms with E-state index < -0.39 is 0 Å². The zero-order chi connectivity index (χ0) is 15.8. The molecule has 3 atom stereocenters. The molecule has 0 saturated carbocycles. The van der Waals surface area contributed by atoms with Crippen LogP contribution in [0.5, 0.6) is 0 Å². The second-order valence-corrected chi connectivity index (χ2v) is 8.07. The lowest BCUT2D eigenvalue weighted by Crippen LogP contribution is -2.35. The maximum Gasteiger partial charge on any atom is 0.110 e. The molecule has 0 aliphatic carbocycles. The van der Waals surface area contributed by atoms with Gasteiger partial charge in [-0.15, -0.1) is 22.7 Å². The van der Waals surface area contributed by atoms with Gasteiger partial charge in [0.1, 0.15) is 5.01 Å². The Morgan fingerprint density at radius 1 is 1.17 bits per heavy atom. The van der Waals surface area contributed by atoms with Gasteiger partial charge in [-0.1, -0.05) is 37.3 Å². The molecule has 4 heteroatoms. The Labute approximate surface area is 145 Å². The number of benzene rings is 1. The molecule has 3 heterocycles. The first-order valence-corrected chi connectivity index (χ1v) is 9.77. The molecule has 1 aromatic carbocycles. The van der Waals surface area contributed by atoms with E-state index in [2.05, 4.69) is 66.3 Å². The second-order valence-electron chi connectivity index (χ2n) is 6.24. The number of thiophene rings is 1. The Morgan fingerprint density at radius 3 is 2.74 bits per heavy atom. The first-order chi connectivity index (χ1) is 11.2. The summed E-state index contributed by atoms with van der Waals surface area (Å²) in [5.74, 6) is 0.442. The molecule has 1 N–H and O–H groups in total. The van der Waals surface area contributed by atoms with Gasteiger partial charge in [0.2, 0.25) is 0 Å². The van der Waals surface area contributed by atoms with Crippen molar-refractivity contribution in [3.63, 3.8) is 0 Å². The quantitative estimate of drug-likeness (QED) is 0.705. The van der Waals surface area contributed by atoms with Crippen LogP contribution in [0.15, 0.2) is 47.2 Å². The monoisotopic (exact) mass is 340 g/mol. The highest BCUT2D eigenvalue weighted by atomic mass is 32.1. The van der Waals surface area contributed by atoms with Crippen molar-refractivity contribution in [2.45, 2.75) is 38.3 Å². The molecule has 2 aromatic heterocycles. The molecule has 23 heavy (non-hydrogen) atoms. The van der Waals surface area contributed by atoms with Crippen LogP contribution in [0.1, 0.15) is 51.6 Å². The Kier molecular flexibility index (Phi) is 4.05. The molecule has 3 aromatic rings. The van der Waals surface area contributed by atoms with Crippen LogP contribution in [0.3, 0.4) is 0 Å². The summed E-state index contributed by atoms with van der Waals surface area (Å²) in [5.41, 5.74) is 4.00. The highest BCUT2D eigenvalue weighted by Gasteiger charge is 2.33. The van der Waals surface area contributed by atoms with Gasteiger partial charge in [-0.3, -0.25) is 5.32 Å². The molecule has 0 bridgehead atoms. The number of thiazole rings is 1. The molecule has 4 rings (SSSR count). The largest absolute Gasteiger partial charge is 0.299 e. The fraction of sp³-hybridized carbons (Fsp3) is 0.316. The van der Waals surface area contributed by atoms with Crippen molar-refractivity contribution >= 4 is 22.7 Å². The summed E-state index contributed by atoms with van der Waals surface area (Å²) in [6, 6.07) is 13.8. The molecular weight excluding hydrogens is 320 g/mol. The Morgan fingerprint density at radius 2 is 2.00 bits per heavy atom. The molecule has 0 spiro atoms. The van der Waals surface area contributed by atoms with Crippen LogP contribution < -0.4 is 5.32 Å². The normalized spacial score (nSPS) is 21.8. The van der Waals surface area contributed by atoms with Crippen LogP contribution in [0.2, 0.25) is 0 Å². The van der Waals surface area contributed by atoms with E-state index in [1.54, 1.807) is 11.3 Å². The number of hydrogen-bond acceptors (Lipinski definition) is 4. The minimum Gasteiger partial charge on any atom is -0.299 e. The molecule has 1 aliphatic heterocycles. The van der Waals surface area contributed by atoms with Crippen LogP contribution in [-0.4, -0.2) is 4.98 Å². The lowest BCUT2D eigenvalue weighted by atomic mass is 9.86. The maximum atomic E-state index is 4.72. The van der Waals surface area contributed by atoms with Crippen molar-refractivity contribution in [2.75, 3.05) is 0 Å². The van der Waals surface area contributed by atoms with Gasteiger partial charge in [0.15, 0.2) is 0 Å². The van der Waals surface area contributed by atoms with Gasteiger partial charge >= 0.3 is 0 Å². The van der Waals surface area contributed by atoms with Crippen LogP contribution in [-0.2, 0) is 6.42 Å². The molecule has 118 valence electrons. The number of fused-ring (bicyclic) bond motifs is 1. The first-order valence-electron chi connectivity index (χ1n) is 8.01. The average Bonchev–Trinajstić information content (AvgIpc) is 3.22. The number of nitrogens with zero attached hydrogens (tertiary/aromatic N) is 1. The molecule has 1 aliphatic rings. The van der Waals surface area contributed by atoms with E-state index in [4.69, 9.17) is 4.98 Å². The number of aryl methyl sites for hydroxylation is 1. The Bertz CT molecular complexity index is 791. The standard InChI is InChI=1S/C19H20N2S2/c1-12-11-23-19(20-12)16-10-15-8-9-22-18(15)17(21-16)13(2)14-6-4-3-5-7-14/h3-9,11,13,16-17,21H,10H2,1-2H3/t13-,16-,17-/m1/s1. The number of aromatic nitrogens is 1. The zero-order valence-electron chi connectivity index (χ0n) is 13.3. The third-order valence-electron chi connectivity index (χ3n) is 4.63. The predicted molar refractivity (Wildman–Crippen MR) is 98.3 cm³/mol. The smallest absolute Gasteiger partial charge is 0.110 e. The fourth-order valence-corrected chi connectivity index (χ4v) is 5.33. The number of hydrogen-bond donors (Lipinski definition) is 1. The van der Waals surface area contributed by atoms with Crippen molar-refractivity contribution in [1.82, 2.24) is 10.3 Å². The SMILES string of the molecule is Cc1csc([C@H]2Cc3ccsc3[C@@H]([C@H](C)c3ccccc3)N2)n1. The number of nitrogens with one attached hydrogen (secondary N) is 1. The van der Waals surface area contributed by atoms with E-state index in [-0.39, 0.29) is 0 Å². The van der Waals surface area contributed by atoms with E-state index >= 15 is 0 Å². The summed E-state index contributed by atoms with van der Waals surface area (Å²) in [7, 11) is 0. The zero-order valence-corrected chi connectivity index (χ0v) is 15.0. The van der Waals surface area contributed by atoms with Crippen molar-refractivity contribution in [3.8, 4) is 0 Å². The highest BCUT2D eigenvalue weighted by Crippen LogP contribution is 2.42. The summed E-state index contributed by atoms with van der Waals surface area (Å²) in [4.78, 5) is 6.21. The summed E-state index contributed by atoms with van der Waals surface area (Å²) >= 11 is 3.65. The minimum absolute atomic E-state index is 0.326. The van der Waals surface area contributed by atoms with Gasteiger partial charge in [0, 0.05) is 27.9 Å². The maximum absolute atomic E-state index is 4.72. The van der Waals surface area contributed by atoms with Gasteiger partial charge < -0.3 is 0 Å². The average molecular weight is 341 g/mol. The predicted octanol–water partition coefficient (Wildman–Crippen LogP) is 5.24. The third kappa shape index (κ3) is 2.87. The second kappa shape index (κ2) is 6.19. The third-order valence-corrected chi connectivity index (χ3v) is 6.75. The summed E-state index contributed by atoms with van der Waals surface area (Å²) < 4.78 is 0. The summed E-state index contributed by atoms with van der Waals surface area (Å²) in [6.07, 6.45) is 1.05. The van der Waals surface area contributed by atoms with Gasteiger partial charge in [-0.2, -0.15) is 0 Å². The minimum atomic E-state index is 0.326. The molecule has 0 saturated heterocycles. The van der Waals surface area contributed by atoms with Gasteiger partial charge in [0.05, 0.1) is 6.04 Å². The number of rotatable bonds is 3. The molecule has 2 nitrogen and oxygen atoms in total. The van der Waals surface area contributed by atoms with Crippen LogP contribution in [0, 0.1) is 6.92 Å². The van der Waals surface area contributed by atoms with Crippen molar-refractivity contribution in [2.24, 2.45) is 0 Å². The van der Waals surface area contributed by atoms with E-state index in [0.717, 1.165) is 12.1 Å². The van der Waals surface area contributed by atoms with Crippen LogP contribution in [0.4, 0.5) is 0 Å². The Balaban J connectivity index is 1.68. The molecular formula is C19H20N2S2. The van der Waals surface area contributed by atoms with E-state index in [9.17, 15) is 0 Å². The van der Waals surface area contributed by atoms with Crippen LogP contribution in [0.25, 0.3) is 0 Å². The Hall–Kier alpha value is -1.49. The molecule has 0 fully saturated rings. The van der Waals surface area contributed by atoms with Crippen LogP contribution >= 0.6 is 22.7 Å². The molecule has 0 radical (unpaired) electrons. The lowest BCUT2D eigenvalue weighted by Gasteiger charge is -2.34. The fourth-order valence-electron chi connectivity index (χ4n) is 3.37. The first kappa shape index (κ1) is 15.1. The van der Waals surface area contributed by atoms with E-state index in [1.807, 2.05) is 11.3 Å². The summed E-state index contributed by atoms with van der Waals surface area (Å²) in [5, 5.41) is 9.47. The highest BCUT2D eigenvalue weighted by molar-refractivity contribution is 7.10. The van der Waals surface area contributed by atoms with Crippen molar-refractivity contribution in [3.05, 3.63) is 73.9 Å². The molecule has 0 amide bonds. The van der Waals surface area contributed by atoms with Gasteiger partial charge in [-0.25, -0.2) is 4.98 Å². The van der Waals surface area contributed by atoms with Crippen molar-refractivity contribution < 1.29 is 0 Å². The lowest BCUT2D eigenvalue weighted by molar-refractivity contribution is 0.378. The van der Waals surface area contributed by atoms with Crippen molar-refractivity contribution in [1.29, 1.82) is 0 Å². The van der Waals surface area contributed by atoms with E-state index in [1.165, 1.54) is 21.0 Å². The van der Waals surface area contributed by atoms with E-state index in [0.29, 0.717) is 18.0 Å². The molecule has 0 unspecified atom stereocenters.